The maximum Gasteiger partial charge on any atom is 0.0426 e. The van der Waals surface area contributed by atoms with Crippen molar-refractivity contribution >= 4 is 5.69 Å². The van der Waals surface area contributed by atoms with Crippen molar-refractivity contribution in [2.45, 2.75) is 19.5 Å². The quantitative estimate of drug-likeness (QED) is 0.888. The van der Waals surface area contributed by atoms with Crippen molar-refractivity contribution in [1.82, 2.24) is 0 Å². The molecule has 0 bridgehead atoms. The van der Waals surface area contributed by atoms with Gasteiger partial charge in [-0.1, -0.05) is 48.5 Å². The maximum absolute atomic E-state index is 6.02. The first-order valence-electron chi connectivity index (χ1n) is 6.28. The Balaban J connectivity index is 2.21. The van der Waals surface area contributed by atoms with Gasteiger partial charge in [0.1, 0.15) is 0 Å². The third-order valence-electron chi connectivity index (χ3n) is 3.10. The Morgan fingerprint density at radius 2 is 1.61 bits per heavy atom. The van der Waals surface area contributed by atoms with E-state index in [1.807, 2.05) is 19.1 Å². The molecule has 0 saturated heterocycles. The Morgan fingerprint density at radius 3 is 2.28 bits per heavy atom. The first-order valence-corrected chi connectivity index (χ1v) is 6.28. The number of hydrogen-bond acceptors (Lipinski definition) is 2. The molecule has 0 aromatic heterocycles. The minimum atomic E-state index is 0.0550. The van der Waals surface area contributed by atoms with Gasteiger partial charge in [-0.2, -0.15) is 0 Å². The molecule has 1 atom stereocenters. The van der Waals surface area contributed by atoms with E-state index in [2.05, 4.69) is 54.4 Å². The summed E-state index contributed by atoms with van der Waals surface area (Å²) < 4.78 is 0. The van der Waals surface area contributed by atoms with Crippen LogP contribution in [0.2, 0.25) is 0 Å². The van der Waals surface area contributed by atoms with Gasteiger partial charge in [-0.25, -0.2) is 0 Å². The number of hydrogen-bond donors (Lipinski definition) is 1. The Hall–Kier alpha value is -1.80. The van der Waals surface area contributed by atoms with Gasteiger partial charge in [-0.15, -0.1) is 0 Å². The van der Waals surface area contributed by atoms with Crippen LogP contribution in [-0.2, 0) is 6.54 Å². The molecule has 0 radical (unpaired) electrons. The van der Waals surface area contributed by atoms with Gasteiger partial charge in [0.25, 0.3) is 0 Å². The molecule has 2 aromatic rings. The lowest BCUT2D eigenvalue weighted by atomic mass is 10.1. The van der Waals surface area contributed by atoms with Crippen molar-refractivity contribution in [2.24, 2.45) is 5.73 Å². The van der Waals surface area contributed by atoms with Crippen LogP contribution in [0.4, 0.5) is 5.69 Å². The Bertz CT molecular complexity index is 491. The zero-order valence-corrected chi connectivity index (χ0v) is 11.0. The van der Waals surface area contributed by atoms with Crippen LogP contribution in [0.3, 0.4) is 0 Å². The van der Waals surface area contributed by atoms with Gasteiger partial charge in [-0.05, 0) is 24.1 Å². The first kappa shape index (κ1) is 12.7. The summed E-state index contributed by atoms with van der Waals surface area (Å²) in [5, 5.41) is 0. The van der Waals surface area contributed by atoms with Crippen LogP contribution < -0.4 is 10.6 Å². The second kappa shape index (κ2) is 5.69. The van der Waals surface area contributed by atoms with Gasteiger partial charge in [0.15, 0.2) is 0 Å². The van der Waals surface area contributed by atoms with E-state index in [4.69, 9.17) is 5.73 Å². The summed E-state index contributed by atoms with van der Waals surface area (Å²) in [6.07, 6.45) is 0. The summed E-state index contributed by atoms with van der Waals surface area (Å²) >= 11 is 0. The van der Waals surface area contributed by atoms with Crippen molar-refractivity contribution in [3.8, 4) is 0 Å². The summed E-state index contributed by atoms with van der Waals surface area (Å²) in [7, 11) is 2.11. The molecule has 0 aliphatic rings. The van der Waals surface area contributed by atoms with Gasteiger partial charge >= 0.3 is 0 Å². The second-order valence-corrected chi connectivity index (χ2v) is 4.69. The molecule has 0 saturated carbocycles. The van der Waals surface area contributed by atoms with Crippen molar-refractivity contribution in [3.05, 3.63) is 65.7 Å². The number of nitrogens with two attached hydrogens (primary N) is 1. The number of anilines is 1. The van der Waals surface area contributed by atoms with Crippen molar-refractivity contribution in [3.63, 3.8) is 0 Å². The minimum absolute atomic E-state index is 0.0550. The Labute approximate surface area is 109 Å². The van der Waals surface area contributed by atoms with E-state index in [1.165, 1.54) is 16.8 Å². The number of nitrogens with zero attached hydrogens (tertiary/aromatic N) is 1. The van der Waals surface area contributed by atoms with Gasteiger partial charge in [-0.3, -0.25) is 0 Å². The molecule has 94 valence electrons. The molecule has 2 aromatic carbocycles. The Kier molecular flexibility index (Phi) is 4.00. The van der Waals surface area contributed by atoms with Crippen LogP contribution in [0, 0.1) is 0 Å². The van der Waals surface area contributed by atoms with E-state index in [0.717, 1.165) is 6.54 Å². The largest absolute Gasteiger partial charge is 0.370 e. The highest BCUT2D eigenvalue weighted by Crippen LogP contribution is 2.25. The summed E-state index contributed by atoms with van der Waals surface area (Å²) in [5.74, 6) is 0. The molecular weight excluding hydrogens is 220 g/mol. The predicted molar refractivity (Wildman–Crippen MR) is 77.6 cm³/mol. The zero-order valence-electron chi connectivity index (χ0n) is 11.0. The average molecular weight is 240 g/mol. The van der Waals surface area contributed by atoms with Gasteiger partial charge < -0.3 is 10.6 Å². The molecule has 0 spiro atoms. The molecule has 0 unspecified atom stereocenters. The molecule has 0 heterocycles. The second-order valence-electron chi connectivity index (χ2n) is 4.69. The van der Waals surface area contributed by atoms with E-state index in [-0.39, 0.29) is 6.04 Å². The van der Waals surface area contributed by atoms with Crippen molar-refractivity contribution in [2.75, 3.05) is 11.9 Å². The molecule has 0 amide bonds. The van der Waals surface area contributed by atoms with E-state index >= 15 is 0 Å². The molecule has 2 nitrogen and oxygen atoms in total. The summed E-state index contributed by atoms with van der Waals surface area (Å²) in [5.41, 5.74) is 9.72. The Morgan fingerprint density at radius 1 is 1.00 bits per heavy atom. The van der Waals surface area contributed by atoms with Crippen LogP contribution in [0.1, 0.15) is 24.1 Å². The van der Waals surface area contributed by atoms with Crippen LogP contribution in [-0.4, -0.2) is 7.05 Å². The van der Waals surface area contributed by atoms with Crippen LogP contribution in [0.15, 0.2) is 54.6 Å². The van der Waals surface area contributed by atoms with Crippen molar-refractivity contribution in [1.29, 1.82) is 0 Å². The predicted octanol–water partition coefficient (Wildman–Crippen LogP) is 3.34. The van der Waals surface area contributed by atoms with E-state index < -0.39 is 0 Å². The fourth-order valence-corrected chi connectivity index (χ4v) is 2.16. The monoisotopic (exact) mass is 240 g/mol. The smallest absolute Gasteiger partial charge is 0.0426 e. The SMILES string of the molecule is C[C@H](N)c1ccccc1N(C)Cc1ccccc1. The molecule has 0 aliphatic heterocycles. The highest BCUT2D eigenvalue weighted by Gasteiger charge is 2.10. The minimum Gasteiger partial charge on any atom is -0.370 e. The lowest BCUT2D eigenvalue weighted by Crippen LogP contribution is -2.20. The number of benzene rings is 2. The standard InChI is InChI=1S/C16H20N2/c1-13(17)15-10-6-7-11-16(15)18(2)12-14-8-4-3-5-9-14/h3-11,13H,12,17H2,1-2H3/t13-/m0/s1. The van der Waals surface area contributed by atoms with Crippen LogP contribution in [0.5, 0.6) is 0 Å². The highest BCUT2D eigenvalue weighted by atomic mass is 15.1. The van der Waals surface area contributed by atoms with E-state index in [0.29, 0.717) is 0 Å². The third-order valence-corrected chi connectivity index (χ3v) is 3.10. The summed E-state index contributed by atoms with van der Waals surface area (Å²) in [6.45, 7) is 2.92. The number of rotatable bonds is 4. The topological polar surface area (TPSA) is 29.3 Å². The molecular formula is C16H20N2. The normalized spacial score (nSPS) is 12.2. The van der Waals surface area contributed by atoms with Gasteiger partial charge in [0, 0.05) is 25.3 Å². The summed E-state index contributed by atoms with van der Waals surface area (Å²) in [6, 6.07) is 18.8. The molecule has 2 rings (SSSR count). The average Bonchev–Trinajstić information content (AvgIpc) is 2.40. The van der Waals surface area contributed by atoms with Gasteiger partial charge in [0.05, 0.1) is 0 Å². The van der Waals surface area contributed by atoms with Crippen molar-refractivity contribution < 1.29 is 0 Å². The molecule has 18 heavy (non-hydrogen) atoms. The molecule has 2 heteroatoms. The maximum atomic E-state index is 6.02. The van der Waals surface area contributed by atoms with Crippen LogP contribution in [0.25, 0.3) is 0 Å². The van der Waals surface area contributed by atoms with Gasteiger partial charge in [0.2, 0.25) is 0 Å². The lowest BCUT2D eigenvalue weighted by molar-refractivity contribution is 0.801. The number of para-hydroxylation sites is 1. The molecule has 0 aliphatic carbocycles. The zero-order chi connectivity index (χ0) is 13.0. The third kappa shape index (κ3) is 2.90. The summed E-state index contributed by atoms with van der Waals surface area (Å²) in [4.78, 5) is 2.24. The molecule has 0 fully saturated rings. The highest BCUT2D eigenvalue weighted by molar-refractivity contribution is 5.54. The van der Waals surface area contributed by atoms with E-state index in [9.17, 15) is 0 Å². The first-order chi connectivity index (χ1) is 8.68. The van der Waals surface area contributed by atoms with E-state index in [1.54, 1.807) is 0 Å². The molecule has 2 N–H and O–H groups in total. The fourth-order valence-electron chi connectivity index (χ4n) is 2.16. The lowest BCUT2D eigenvalue weighted by Gasteiger charge is -2.24. The fraction of sp³-hybridized carbons (Fsp3) is 0.250. The van der Waals surface area contributed by atoms with Crippen LogP contribution >= 0.6 is 0 Å².